The summed E-state index contributed by atoms with van der Waals surface area (Å²) in [5.74, 6) is 0.522. The maximum atomic E-state index is 8.56. The first kappa shape index (κ1) is 10.7. The fourth-order valence-corrected chi connectivity index (χ4v) is 1.04. The van der Waals surface area contributed by atoms with Crippen molar-refractivity contribution in [3.05, 3.63) is 12.2 Å². The zero-order chi connectivity index (χ0) is 8.53. The minimum absolute atomic E-state index is 0.121. The van der Waals surface area contributed by atoms with Gasteiger partial charge >= 0.3 is 0 Å². The third kappa shape index (κ3) is 6.07. The Labute approximate surface area is 68.6 Å². The molecule has 11 heavy (non-hydrogen) atoms. The van der Waals surface area contributed by atoms with E-state index in [-0.39, 0.29) is 13.2 Å². The van der Waals surface area contributed by atoms with Gasteiger partial charge in [-0.25, -0.2) is 0 Å². The predicted molar refractivity (Wildman–Crippen MR) is 46.3 cm³/mol. The number of hydrogen-bond donors (Lipinski definition) is 2. The predicted octanol–water partition coefficient (Wildman–Crippen LogP) is 1.33. The molecule has 2 heteroatoms. The zero-order valence-corrected chi connectivity index (χ0v) is 7.16. The molecule has 0 rings (SSSR count). The fraction of sp³-hybridized carbons (Fsp3) is 0.778. The molecule has 0 saturated carbocycles. The van der Waals surface area contributed by atoms with Gasteiger partial charge in [0.15, 0.2) is 0 Å². The van der Waals surface area contributed by atoms with E-state index >= 15 is 0 Å². The Balaban J connectivity index is 3.48. The second-order valence-corrected chi connectivity index (χ2v) is 2.64. The molecule has 0 aliphatic heterocycles. The van der Waals surface area contributed by atoms with Crippen molar-refractivity contribution in [3.8, 4) is 0 Å². The summed E-state index contributed by atoms with van der Waals surface area (Å²) in [5.41, 5.74) is 0. The maximum Gasteiger partial charge on any atom is 0.0612 e. The van der Waals surface area contributed by atoms with E-state index in [2.05, 4.69) is 6.92 Å². The normalized spacial score (nSPS) is 14.1. The fourth-order valence-electron chi connectivity index (χ4n) is 1.04. The van der Waals surface area contributed by atoms with Gasteiger partial charge in [-0.15, -0.1) is 0 Å². The topological polar surface area (TPSA) is 40.5 Å². The highest BCUT2D eigenvalue weighted by Gasteiger charge is 1.99. The Hall–Kier alpha value is -0.340. The minimum atomic E-state index is 0.121. The largest absolute Gasteiger partial charge is 0.396 e. The molecule has 0 radical (unpaired) electrons. The van der Waals surface area contributed by atoms with E-state index in [1.165, 1.54) is 0 Å². The number of aliphatic hydroxyl groups is 2. The lowest BCUT2D eigenvalue weighted by atomic mass is 10.0. The summed E-state index contributed by atoms with van der Waals surface area (Å²) < 4.78 is 0. The van der Waals surface area contributed by atoms with E-state index < -0.39 is 0 Å². The molecule has 0 aliphatic carbocycles. The van der Waals surface area contributed by atoms with Crippen molar-refractivity contribution in [2.75, 3.05) is 13.2 Å². The van der Waals surface area contributed by atoms with Crippen LogP contribution in [0.25, 0.3) is 0 Å². The molecule has 0 aromatic heterocycles. The van der Waals surface area contributed by atoms with Gasteiger partial charge < -0.3 is 10.2 Å². The van der Waals surface area contributed by atoms with Crippen molar-refractivity contribution in [2.45, 2.75) is 26.2 Å². The van der Waals surface area contributed by atoms with Gasteiger partial charge in [0.05, 0.1) is 6.61 Å². The molecule has 0 aromatic rings. The Bertz CT molecular complexity index is 99.7. The molecular formula is C9H18O2. The molecule has 0 heterocycles. The van der Waals surface area contributed by atoms with Gasteiger partial charge in [-0.3, -0.25) is 0 Å². The van der Waals surface area contributed by atoms with Crippen LogP contribution in [0.15, 0.2) is 12.2 Å². The summed E-state index contributed by atoms with van der Waals surface area (Å²) in [5, 5.41) is 17.1. The van der Waals surface area contributed by atoms with E-state index in [1.54, 1.807) is 6.08 Å². The summed E-state index contributed by atoms with van der Waals surface area (Å²) in [4.78, 5) is 0. The number of hydrogen-bond acceptors (Lipinski definition) is 2. The first-order valence-corrected chi connectivity index (χ1v) is 4.23. The highest BCUT2D eigenvalue weighted by molar-refractivity contribution is 4.87. The van der Waals surface area contributed by atoms with E-state index in [0.717, 1.165) is 19.3 Å². The molecule has 66 valence electrons. The van der Waals surface area contributed by atoms with E-state index in [1.807, 2.05) is 6.08 Å². The summed E-state index contributed by atoms with van der Waals surface area (Å²) in [6.45, 7) is 2.50. The zero-order valence-electron chi connectivity index (χ0n) is 7.16. The third-order valence-electron chi connectivity index (χ3n) is 1.77. The average molecular weight is 158 g/mol. The molecule has 0 spiro atoms. The lowest BCUT2D eigenvalue weighted by Crippen LogP contribution is -1.96. The number of allylic oxidation sites excluding steroid dienone is 1. The van der Waals surface area contributed by atoms with Crippen LogP contribution in [0.4, 0.5) is 0 Å². The molecule has 0 aliphatic rings. The second kappa shape index (κ2) is 7.76. The van der Waals surface area contributed by atoms with Crippen molar-refractivity contribution in [1.29, 1.82) is 0 Å². The Kier molecular flexibility index (Phi) is 7.52. The lowest BCUT2D eigenvalue weighted by molar-refractivity contribution is 0.276. The van der Waals surface area contributed by atoms with Crippen LogP contribution in [-0.4, -0.2) is 23.4 Å². The first-order valence-electron chi connectivity index (χ1n) is 4.23. The van der Waals surface area contributed by atoms with Crippen molar-refractivity contribution in [2.24, 2.45) is 5.92 Å². The highest BCUT2D eigenvalue weighted by Crippen LogP contribution is 2.11. The first-order chi connectivity index (χ1) is 5.35. The SMILES string of the molecule is CC[C@H](/C=C/CO)CCCO. The van der Waals surface area contributed by atoms with Crippen LogP contribution in [0, 0.1) is 5.92 Å². The Morgan fingerprint density at radius 3 is 2.55 bits per heavy atom. The molecule has 2 N–H and O–H groups in total. The molecule has 0 amide bonds. The van der Waals surface area contributed by atoms with Gasteiger partial charge in [-0.2, -0.15) is 0 Å². The molecule has 1 atom stereocenters. The van der Waals surface area contributed by atoms with Gasteiger partial charge in [0.2, 0.25) is 0 Å². The van der Waals surface area contributed by atoms with Crippen LogP contribution in [-0.2, 0) is 0 Å². The third-order valence-corrected chi connectivity index (χ3v) is 1.77. The van der Waals surface area contributed by atoms with Gasteiger partial charge in [-0.1, -0.05) is 19.1 Å². The summed E-state index contributed by atoms with van der Waals surface area (Å²) in [7, 11) is 0. The summed E-state index contributed by atoms with van der Waals surface area (Å²) >= 11 is 0. The molecule has 0 aromatic carbocycles. The molecule has 0 saturated heterocycles. The quantitative estimate of drug-likeness (QED) is 0.572. The summed E-state index contributed by atoms with van der Waals surface area (Å²) in [6, 6.07) is 0. The van der Waals surface area contributed by atoms with E-state index in [4.69, 9.17) is 10.2 Å². The van der Waals surface area contributed by atoms with Gasteiger partial charge in [0.25, 0.3) is 0 Å². The highest BCUT2D eigenvalue weighted by atomic mass is 16.3. The van der Waals surface area contributed by atoms with Crippen molar-refractivity contribution in [3.63, 3.8) is 0 Å². The van der Waals surface area contributed by atoms with Gasteiger partial charge in [-0.05, 0) is 25.2 Å². The standard InChI is InChI=1S/C9H18O2/c1-2-9(5-3-7-10)6-4-8-11/h3,5,9-11H,2,4,6-8H2,1H3/b5-3+/t9-/m1/s1. The molecular weight excluding hydrogens is 140 g/mol. The van der Waals surface area contributed by atoms with Crippen LogP contribution in [0.1, 0.15) is 26.2 Å². The smallest absolute Gasteiger partial charge is 0.0612 e. The Morgan fingerprint density at radius 1 is 1.36 bits per heavy atom. The second-order valence-electron chi connectivity index (χ2n) is 2.64. The summed E-state index contributed by atoms with van der Waals surface area (Å²) in [6.07, 6.45) is 6.75. The van der Waals surface area contributed by atoms with E-state index in [9.17, 15) is 0 Å². The average Bonchev–Trinajstić information content (AvgIpc) is 2.05. The lowest BCUT2D eigenvalue weighted by Gasteiger charge is -2.07. The molecule has 0 bridgehead atoms. The van der Waals surface area contributed by atoms with Crippen LogP contribution in [0.2, 0.25) is 0 Å². The van der Waals surface area contributed by atoms with Crippen LogP contribution in [0.5, 0.6) is 0 Å². The van der Waals surface area contributed by atoms with E-state index in [0.29, 0.717) is 5.92 Å². The van der Waals surface area contributed by atoms with Crippen molar-refractivity contribution in [1.82, 2.24) is 0 Å². The monoisotopic (exact) mass is 158 g/mol. The van der Waals surface area contributed by atoms with Crippen molar-refractivity contribution < 1.29 is 10.2 Å². The van der Waals surface area contributed by atoms with Crippen molar-refractivity contribution >= 4 is 0 Å². The van der Waals surface area contributed by atoms with Crippen LogP contribution >= 0.6 is 0 Å². The molecule has 0 fully saturated rings. The van der Waals surface area contributed by atoms with Gasteiger partial charge in [0, 0.05) is 6.61 Å². The maximum absolute atomic E-state index is 8.56. The number of rotatable bonds is 6. The van der Waals surface area contributed by atoms with Gasteiger partial charge in [0.1, 0.15) is 0 Å². The molecule has 0 unspecified atom stereocenters. The molecule has 2 nitrogen and oxygen atoms in total. The number of aliphatic hydroxyl groups excluding tert-OH is 2. The van der Waals surface area contributed by atoms with Crippen LogP contribution in [0.3, 0.4) is 0 Å². The van der Waals surface area contributed by atoms with Crippen LogP contribution < -0.4 is 0 Å². The minimum Gasteiger partial charge on any atom is -0.396 e. The Morgan fingerprint density at radius 2 is 2.09 bits per heavy atom.